The summed E-state index contributed by atoms with van der Waals surface area (Å²) in [5.41, 5.74) is 3.53. The number of rotatable bonds is 11. The molecule has 7 heteroatoms. The van der Waals surface area contributed by atoms with E-state index in [-0.39, 0.29) is 24.7 Å². The largest absolute Gasteiger partial charge is 0.481 e. The first kappa shape index (κ1) is 26.7. The molecule has 1 atom stereocenters. The van der Waals surface area contributed by atoms with Crippen LogP contribution in [0.5, 0.6) is 0 Å². The zero-order chi connectivity index (χ0) is 25.8. The molecule has 2 saturated carbocycles. The Hall–Kier alpha value is -2.34. The number of anilines is 1. The summed E-state index contributed by atoms with van der Waals surface area (Å²) in [7, 11) is 0. The van der Waals surface area contributed by atoms with Crippen LogP contribution in [0.2, 0.25) is 5.02 Å². The minimum absolute atomic E-state index is 0.0180. The maximum absolute atomic E-state index is 13.0. The second kappa shape index (κ2) is 11.8. The van der Waals surface area contributed by atoms with E-state index in [0.29, 0.717) is 29.0 Å². The Bertz CT molecular complexity index is 1070. The van der Waals surface area contributed by atoms with Gasteiger partial charge >= 0.3 is 5.97 Å². The molecule has 0 radical (unpaired) electrons. The van der Waals surface area contributed by atoms with E-state index < -0.39 is 5.97 Å². The molecule has 0 spiro atoms. The Morgan fingerprint density at radius 2 is 1.83 bits per heavy atom. The number of nitrogens with zero attached hydrogens (tertiary/aromatic N) is 1. The predicted molar refractivity (Wildman–Crippen MR) is 142 cm³/mol. The third-order valence-corrected chi connectivity index (χ3v) is 8.03. The van der Waals surface area contributed by atoms with Gasteiger partial charge in [-0.25, -0.2) is 0 Å². The van der Waals surface area contributed by atoms with Crippen molar-refractivity contribution in [2.75, 3.05) is 5.32 Å². The van der Waals surface area contributed by atoms with Gasteiger partial charge in [-0.05, 0) is 93.7 Å². The maximum atomic E-state index is 13.0. The lowest BCUT2D eigenvalue weighted by Crippen LogP contribution is -2.18. The van der Waals surface area contributed by atoms with Crippen LogP contribution in [0.15, 0.2) is 22.7 Å². The van der Waals surface area contributed by atoms with Crippen molar-refractivity contribution >= 4 is 29.2 Å². The van der Waals surface area contributed by atoms with Gasteiger partial charge < -0.3 is 14.9 Å². The minimum atomic E-state index is -0.873. The summed E-state index contributed by atoms with van der Waals surface area (Å²) in [6.45, 7) is 6.53. The number of nitrogens with one attached hydrogen (secondary N) is 1. The molecule has 2 aliphatic rings. The lowest BCUT2D eigenvalue weighted by atomic mass is 9.76. The molecule has 4 rings (SSSR count). The highest BCUT2D eigenvalue weighted by molar-refractivity contribution is 6.33. The van der Waals surface area contributed by atoms with Gasteiger partial charge in [-0.2, -0.15) is 0 Å². The van der Waals surface area contributed by atoms with Gasteiger partial charge in [-0.3, -0.25) is 9.59 Å². The first-order valence-corrected chi connectivity index (χ1v) is 13.9. The number of aliphatic carboxylic acids is 1. The number of halogens is 1. The molecular formula is C29H39ClN2O4. The van der Waals surface area contributed by atoms with Crippen molar-refractivity contribution in [1.29, 1.82) is 0 Å². The van der Waals surface area contributed by atoms with Gasteiger partial charge in [-0.15, -0.1) is 0 Å². The molecule has 36 heavy (non-hydrogen) atoms. The quantitative estimate of drug-likeness (QED) is 0.319. The second-order valence-corrected chi connectivity index (χ2v) is 11.7. The number of amides is 1. The fourth-order valence-electron chi connectivity index (χ4n) is 5.80. The number of aromatic nitrogens is 1. The van der Waals surface area contributed by atoms with E-state index in [1.807, 2.05) is 19.1 Å². The highest BCUT2D eigenvalue weighted by Crippen LogP contribution is 2.50. The third kappa shape index (κ3) is 6.90. The summed E-state index contributed by atoms with van der Waals surface area (Å²) in [5, 5.41) is 17.3. The second-order valence-electron chi connectivity index (χ2n) is 11.3. The van der Waals surface area contributed by atoms with Gasteiger partial charge in [0.1, 0.15) is 5.76 Å². The van der Waals surface area contributed by atoms with Crippen LogP contribution in [0.3, 0.4) is 0 Å². The lowest BCUT2D eigenvalue weighted by Gasteiger charge is -2.28. The lowest BCUT2D eigenvalue weighted by molar-refractivity contribution is -0.137. The molecule has 1 amide bonds. The van der Waals surface area contributed by atoms with Crippen LogP contribution in [0.1, 0.15) is 118 Å². The Kier molecular flexibility index (Phi) is 8.76. The number of aryl methyl sites for hydroxylation is 1. The molecule has 0 aliphatic heterocycles. The summed E-state index contributed by atoms with van der Waals surface area (Å²) >= 11 is 6.31. The Morgan fingerprint density at radius 3 is 2.44 bits per heavy atom. The van der Waals surface area contributed by atoms with Crippen LogP contribution in [-0.2, 0) is 9.59 Å². The van der Waals surface area contributed by atoms with Gasteiger partial charge in [0.15, 0.2) is 0 Å². The number of carboxylic acid groups (broad SMARTS) is 1. The molecule has 0 saturated heterocycles. The van der Waals surface area contributed by atoms with E-state index in [2.05, 4.69) is 24.3 Å². The molecule has 1 aromatic heterocycles. The summed E-state index contributed by atoms with van der Waals surface area (Å²) in [6, 6.07) is 5.50. The van der Waals surface area contributed by atoms with Crippen molar-refractivity contribution in [1.82, 2.24) is 5.16 Å². The van der Waals surface area contributed by atoms with Gasteiger partial charge in [-0.1, -0.05) is 36.7 Å². The van der Waals surface area contributed by atoms with Gasteiger partial charge in [0.05, 0.1) is 16.4 Å². The average molecular weight is 515 g/mol. The van der Waals surface area contributed by atoms with Crippen molar-refractivity contribution in [3.8, 4) is 0 Å². The average Bonchev–Trinajstić information content (AvgIpc) is 3.56. The van der Waals surface area contributed by atoms with E-state index in [9.17, 15) is 14.7 Å². The number of carbonyl (C=O) groups is 2. The van der Waals surface area contributed by atoms with Crippen LogP contribution in [0.25, 0.3) is 0 Å². The highest BCUT2D eigenvalue weighted by atomic mass is 35.5. The van der Waals surface area contributed by atoms with E-state index >= 15 is 0 Å². The topological polar surface area (TPSA) is 92.4 Å². The van der Waals surface area contributed by atoms with Crippen LogP contribution in [0, 0.1) is 18.8 Å². The maximum Gasteiger partial charge on any atom is 0.303 e. The summed E-state index contributed by atoms with van der Waals surface area (Å²) < 4.78 is 6.02. The molecule has 2 aliphatic carbocycles. The molecule has 2 fully saturated rings. The zero-order valence-electron chi connectivity index (χ0n) is 21.7. The van der Waals surface area contributed by atoms with Crippen molar-refractivity contribution in [2.45, 2.75) is 103 Å². The molecule has 6 nitrogen and oxygen atoms in total. The van der Waals surface area contributed by atoms with Crippen LogP contribution >= 0.6 is 11.6 Å². The molecule has 0 unspecified atom stereocenters. The van der Waals surface area contributed by atoms with E-state index in [4.69, 9.17) is 16.1 Å². The van der Waals surface area contributed by atoms with Crippen LogP contribution in [0.4, 0.5) is 5.69 Å². The normalized spacial score (nSPS) is 20.9. The fraction of sp³-hybridized carbons (Fsp3) is 0.621. The Labute approximate surface area is 219 Å². The highest BCUT2D eigenvalue weighted by Gasteiger charge is 2.38. The summed E-state index contributed by atoms with van der Waals surface area (Å²) in [4.78, 5) is 24.4. The first-order chi connectivity index (χ1) is 17.2. The molecule has 2 N–H and O–H groups in total. The van der Waals surface area contributed by atoms with E-state index in [1.165, 1.54) is 24.8 Å². The smallest absolute Gasteiger partial charge is 0.303 e. The number of hydrogen-bond acceptors (Lipinski definition) is 4. The van der Waals surface area contributed by atoms with Crippen molar-refractivity contribution in [2.24, 2.45) is 11.8 Å². The number of carbonyl (C=O) groups excluding carboxylic acids is 1. The number of benzene rings is 1. The zero-order valence-corrected chi connectivity index (χ0v) is 22.4. The fourth-order valence-corrected chi connectivity index (χ4v) is 6.08. The van der Waals surface area contributed by atoms with E-state index in [1.54, 1.807) is 6.07 Å². The Morgan fingerprint density at radius 1 is 1.14 bits per heavy atom. The SMILES string of the molecule is Cc1ccc(NC(=O)C[C@H](CCC(=O)O)c2noc(C3CCC(CC(C)C)CC3)c2C2CC2)c(Cl)c1. The minimum Gasteiger partial charge on any atom is -0.481 e. The predicted octanol–water partition coefficient (Wildman–Crippen LogP) is 7.81. The number of hydrogen-bond donors (Lipinski definition) is 2. The van der Waals surface area contributed by atoms with Crippen LogP contribution in [-0.4, -0.2) is 22.1 Å². The van der Waals surface area contributed by atoms with Crippen molar-refractivity contribution < 1.29 is 19.2 Å². The molecule has 1 heterocycles. The molecule has 0 bridgehead atoms. The third-order valence-electron chi connectivity index (χ3n) is 7.72. The van der Waals surface area contributed by atoms with Crippen molar-refractivity contribution in [3.05, 3.63) is 45.8 Å². The van der Waals surface area contributed by atoms with Gasteiger partial charge in [0.2, 0.25) is 5.91 Å². The van der Waals surface area contributed by atoms with Crippen molar-refractivity contribution in [3.63, 3.8) is 0 Å². The number of carboxylic acids is 1. The molecule has 1 aromatic carbocycles. The first-order valence-electron chi connectivity index (χ1n) is 13.5. The van der Waals surface area contributed by atoms with Gasteiger partial charge in [0, 0.05) is 30.2 Å². The monoisotopic (exact) mass is 514 g/mol. The molecule has 196 valence electrons. The molecular weight excluding hydrogens is 476 g/mol. The van der Waals surface area contributed by atoms with Gasteiger partial charge in [0.25, 0.3) is 0 Å². The summed E-state index contributed by atoms with van der Waals surface area (Å²) in [5.74, 6) is 1.91. The van der Waals surface area contributed by atoms with Crippen LogP contribution < -0.4 is 5.32 Å². The van der Waals surface area contributed by atoms with E-state index in [0.717, 1.165) is 54.5 Å². The standard InChI is InChI=1S/C29H39ClN2O4/c1-17(2)14-19-5-7-21(8-6-19)29-27(20-9-10-20)28(32-36-29)22(11-13-26(34)35)16-25(33)31-24-12-4-18(3)15-23(24)30/h4,12,15,17,19-22H,5-11,13-14,16H2,1-3H3,(H,31,33)(H,34,35)/t19?,21?,22-/m0/s1. The summed E-state index contributed by atoms with van der Waals surface area (Å²) in [6.07, 6.45) is 8.59. The Balaban J connectivity index is 1.52. The molecule has 2 aromatic rings.